The van der Waals surface area contributed by atoms with Crippen molar-refractivity contribution in [1.29, 1.82) is 0 Å². The Bertz CT molecular complexity index is 325. The quantitative estimate of drug-likeness (QED) is 0.633. The summed E-state index contributed by atoms with van der Waals surface area (Å²) in [6.45, 7) is 4.86. The van der Waals surface area contributed by atoms with Crippen molar-refractivity contribution in [3.05, 3.63) is 0 Å². The number of carboxylic acid groups (broad SMARTS) is 1. The third kappa shape index (κ3) is 5.57. The highest BCUT2D eigenvalue weighted by Crippen LogP contribution is 2.29. The Morgan fingerprint density at radius 2 is 2.00 bits per heavy atom. The number of piperidine rings is 1. The van der Waals surface area contributed by atoms with Gasteiger partial charge in [0.05, 0.1) is 6.04 Å². The number of likely N-dealkylation sites (tertiary alicyclic amines) is 1. The molecule has 19 heavy (non-hydrogen) atoms. The second-order valence-corrected chi connectivity index (χ2v) is 5.87. The largest absolute Gasteiger partial charge is 0.481 e. The van der Waals surface area contributed by atoms with Gasteiger partial charge in [-0.3, -0.25) is 9.59 Å². The van der Waals surface area contributed by atoms with Crippen LogP contribution in [-0.4, -0.2) is 54.6 Å². The molecule has 6 nitrogen and oxygen atoms in total. The van der Waals surface area contributed by atoms with Gasteiger partial charge in [0.15, 0.2) is 0 Å². The zero-order chi connectivity index (χ0) is 14.5. The van der Waals surface area contributed by atoms with Crippen molar-refractivity contribution >= 4 is 11.9 Å². The van der Waals surface area contributed by atoms with Gasteiger partial charge < -0.3 is 21.1 Å². The van der Waals surface area contributed by atoms with E-state index in [1.165, 1.54) is 0 Å². The summed E-state index contributed by atoms with van der Waals surface area (Å²) < 4.78 is 0. The number of carbonyl (C=O) groups is 2. The van der Waals surface area contributed by atoms with Gasteiger partial charge in [0.25, 0.3) is 0 Å². The van der Waals surface area contributed by atoms with Gasteiger partial charge in [-0.25, -0.2) is 0 Å². The highest BCUT2D eigenvalue weighted by molar-refractivity contribution is 5.82. The Hall–Kier alpha value is -1.14. The number of nitrogens with one attached hydrogen (secondary N) is 1. The molecule has 0 aliphatic carbocycles. The molecule has 1 heterocycles. The van der Waals surface area contributed by atoms with E-state index in [1.807, 2.05) is 0 Å². The number of nitrogens with two attached hydrogens (primary N) is 1. The summed E-state index contributed by atoms with van der Waals surface area (Å²) in [6, 6.07) is -0.731. The topological polar surface area (TPSA) is 95.7 Å². The first-order valence-corrected chi connectivity index (χ1v) is 6.76. The molecule has 0 bridgehead atoms. The van der Waals surface area contributed by atoms with Crippen LogP contribution < -0.4 is 11.1 Å². The number of amides is 1. The van der Waals surface area contributed by atoms with Gasteiger partial charge in [-0.15, -0.1) is 0 Å². The van der Waals surface area contributed by atoms with Crippen LogP contribution in [0.5, 0.6) is 0 Å². The average molecular weight is 271 g/mol. The van der Waals surface area contributed by atoms with Gasteiger partial charge in [0, 0.05) is 13.0 Å². The minimum Gasteiger partial charge on any atom is -0.481 e. The van der Waals surface area contributed by atoms with E-state index < -0.39 is 12.0 Å². The van der Waals surface area contributed by atoms with Crippen molar-refractivity contribution < 1.29 is 14.7 Å². The van der Waals surface area contributed by atoms with Crippen molar-refractivity contribution in [3.63, 3.8) is 0 Å². The molecule has 1 aliphatic rings. The summed E-state index contributed by atoms with van der Waals surface area (Å²) >= 11 is 0. The van der Waals surface area contributed by atoms with E-state index in [9.17, 15) is 9.59 Å². The minimum absolute atomic E-state index is 0.0728. The summed E-state index contributed by atoms with van der Waals surface area (Å²) in [5.74, 6) is -1.17. The van der Waals surface area contributed by atoms with Gasteiger partial charge in [0.2, 0.25) is 5.91 Å². The molecule has 4 N–H and O–H groups in total. The smallest absolute Gasteiger partial charge is 0.303 e. The molecule has 1 unspecified atom stereocenters. The number of aliphatic carboxylic acids is 1. The van der Waals surface area contributed by atoms with E-state index in [1.54, 1.807) is 0 Å². The SMILES string of the molecule is CN1CCC(C)(CNC(=O)C(N)CCC(=O)O)CC1. The van der Waals surface area contributed by atoms with Crippen LogP contribution in [0.2, 0.25) is 0 Å². The molecule has 1 fully saturated rings. The number of rotatable bonds is 6. The van der Waals surface area contributed by atoms with E-state index in [-0.39, 0.29) is 24.2 Å². The lowest BCUT2D eigenvalue weighted by atomic mass is 9.80. The van der Waals surface area contributed by atoms with Crippen LogP contribution in [0.15, 0.2) is 0 Å². The first-order valence-electron chi connectivity index (χ1n) is 6.76. The summed E-state index contributed by atoms with van der Waals surface area (Å²) in [7, 11) is 2.10. The third-order valence-electron chi connectivity index (χ3n) is 3.89. The maximum absolute atomic E-state index is 11.8. The Morgan fingerprint density at radius 3 is 2.53 bits per heavy atom. The maximum Gasteiger partial charge on any atom is 0.303 e. The lowest BCUT2D eigenvalue weighted by Crippen LogP contribution is -2.47. The molecule has 1 amide bonds. The maximum atomic E-state index is 11.8. The van der Waals surface area contributed by atoms with Crippen molar-refractivity contribution in [2.45, 2.75) is 38.6 Å². The predicted octanol–water partition coefficient (Wildman–Crippen LogP) is 0.0266. The number of nitrogens with zero attached hydrogens (tertiary/aromatic N) is 1. The predicted molar refractivity (Wildman–Crippen MR) is 72.7 cm³/mol. The summed E-state index contributed by atoms with van der Waals surface area (Å²) in [5, 5.41) is 11.4. The second kappa shape index (κ2) is 6.86. The number of hydrogen-bond acceptors (Lipinski definition) is 4. The lowest BCUT2D eigenvalue weighted by Gasteiger charge is -2.38. The molecule has 110 valence electrons. The van der Waals surface area contributed by atoms with Crippen LogP contribution in [0.3, 0.4) is 0 Å². The Labute approximate surface area is 114 Å². The van der Waals surface area contributed by atoms with Gasteiger partial charge >= 0.3 is 5.97 Å². The van der Waals surface area contributed by atoms with Crippen LogP contribution in [-0.2, 0) is 9.59 Å². The second-order valence-electron chi connectivity index (χ2n) is 5.87. The molecular weight excluding hydrogens is 246 g/mol. The zero-order valence-electron chi connectivity index (χ0n) is 11.8. The van der Waals surface area contributed by atoms with Crippen molar-refractivity contribution in [2.24, 2.45) is 11.1 Å². The summed E-state index contributed by atoms with van der Waals surface area (Å²) in [6.07, 6.45) is 2.21. The Morgan fingerprint density at radius 1 is 1.42 bits per heavy atom. The summed E-state index contributed by atoms with van der Waals surface area (Å²) in [5.41, 5.74) is 5.78. The molecule has 0 radical (unpaired) electrons. The highest BCUT2D eigenvalue weighted by atomic mass is 16.4. The fourth-order valence-corrected chi connectivity index (χ4v) is 2.18. The van der Waals surface area contributed by atoms with Crippen molar-refractivity contribution in [1.82, 2.24) is 10.2 Å². The Kier molecular flexibility index (Phi) is 5.75. The summed E-state index contributed by atoms with van der Waals surface area (Å²) in [4.78, 5) is 24.5. The molecule has 0 aromatic rings. The van der Waals surface area contributed by atoms with E-state index >= 15 is 0 Å². The standard InChI is InChI=1S/C13H25N3O3/c1-13(5-7-16(2)8-6-13)9-15-12(19)10(14)3-4-11(17)18/h10H,3-9,14H2,1-2H3,(H,15,19)(H,17,18). The van der Waals surface area contributed by atoms with Gasteiger partial charge in [0.1, 0.15) is 0 Å². The van der Waals surface area contributed by atoms with Crippen molar-refractivity contribution in [3.8, 4) is 0 Å². The number of carbonyl (C=O) groups excluding carboxylic acids is 1. The molecule has 0 spiro atoms. The normalized spacial score (nSPS) is 20.8. The van der Waals surface area contributed by atoms with E-state index in [0.717, 1.165) is 25.9 Å². The Balaban J connectivity index is 2.31. The zero-order valence-corrected chi connectivity index (χ0v) is 11.8. The van der Waals surface area contributed by atoms with Gasteiger partial charge in [-0.05, 0) is 44.8 Å². The van der Waals surface area contributed by atoms with E-state index in [0.29, 0.717) is 6.54 Å². The van der Waals surface area contributed by atoms with Crippen LogP contribution >= 0.6 is 0 Å². The lowest BCUT2D eigenvalue weighted by molar-refractivity contribution is -0.137. The molecule has 1 atom stereocenters. The molecule has 1 saturated heterocycles. The van der Waals surface area contributed by atoms with Crippen LogP contribution in [0.25, 0.3) is 0 Å². The molecule has 0 aromatic heterocycles. The average Bonchev–Trinajstić information content (AvgIpc) is 2.37. The van der Waals surface area contributed by atoms with Crippen LogP contribution in [0, 0.1) is 5.41 Å². The molecule has 1 rings (SSSR count). The van der Waals surface area contributed by atoms with Crippen molar-refractivity contribution in [2.75, 3.05) is 26.7 Å². The fraction of sp³-hybridized carbons (Fsp3) is 0.846. The van der Waals surface area contributed by atoms with Crippen LogP contribution in [0.1, 0.15) is 32.6 Å². The molecular formula is C13H25N3O3. The first-order chi connectivity index (χ1) is 8.82. The monoisotopic (exact) mass is 271 g/mol. The highest BCUT2D eigenvalue weighted by Gasteiger charge is 2.29. The van der Waals surface area contributed by atoms with Gasteiger partial charge in [-0.2, -0.15) is 0 Å². The van der Waals surface area contributed by atoms with E-state index in [4.69, 9.17) is 10.8 Å². The van der Waals surface area contributed by atoms with Gasteiger partial charge in [-0.1, -0.05) is 6.92 Å². The van der Waals surface area contributed by atoms with Crippen LogP contribution in [0.4, 0.5) is 0 Å². The number of hydrogen-bond donors (Lipinski definition) is 3. The molecule has 6 heteroatoms. The molecule has 0 aromatic carbocycles. The molecule has 1 aliphatic heterocycles. The molecule has 0 saturated carbocycles. The fourth-order valence-electron chi connectivity index (χ4n) is 2.18. The first kappa shape index (κ1) is 15.9. The third-order valence-corrected chi connectivity index (χ3v) is 3.89. The van der Waals surface area contributed by atoms with E-state index in [2.05, 4.69) is 24.2 Å². The minimum atomic E-state index is -0.925. The number of carboxylic acids is 1.